The third-order valence-corrected chi connectivity index (χ3v) is 1.97. The highest BCUT2D eigenvalue weighted by Crippen LogP contribution is 2.20. The zero-order chi connectivity index (χ0) is 8.97. The molecule has 1 atom stereocenters. The van der Waals surface area contributed by atoms with E-state index in [0.717, 1.165) is 12.0 Å². The lowest BCUT2D eigenvalue weighted by Gasteiger charge is -2.07. The third-order valence-electron chi connectivity index (χ3n) is 1.97. The molecule has 0 aliphatic heterocycles. The van der Waals surface area contributed by atoms with E-state index in [-0.39, 0.29) is 6.04 Å². The molecule has 0 aliphatic rings. The Bertz CT molecular complexity index is 268. The molecule has 0 amide bonds. The lowest BCUT2D eigenvalue weighted by molar-refractivity contribution is 0.644. The van der Waals surface area contributed by atoms with E-state index in [1.807, 2.05) is 19.1 Å². The topological polar surface area (TPSA) is 36.2 Å². The first kappa shape index (κ1) is 8.91. The first-order valence-electron chi connectivity index (χ1n) is 4.21. The Kier molecular flexibility index (Phi) is 2.97. The zero-order valence-corrected chi connectivity index (χ0v) is 7.54. The number of nitrogens with one attached hydrogen (secondary N) is 1. The van der Waals surface area contributed by atoms with Gasteiger partial charge in [-0.25, -0.2) is 5.53 Å². The minimum atomic E-state index is 0.0462. The first-order chi connectivity index (χ1) is 5.77. The van der Waals surface area contributed by atoms with Gasteiger partial charge in [-0.2, -0.15) is 5.11 Å². The molecule has 0 saturated heterocycles. The van der Waals surface area contributed by atoms with Crippen molar-refractivity contribution >= 4 is 0 Å². The van der Waals surface area contributed by atoms with Crippen LogP contribution >= 0.6 is 0 Å². The third kappa shape index (κ3) is 1.91. The maximum atomic E-state index is 6.99. The van der Waals surface area contributed by atoms with E-state index in [9.17, 15) is 0 Å². The SMILES string of the molecule is CCC(N=N)c1cccc(C)c1. The maximum absolute atomic E-state index is 6.99. The van der Waals surface area contributed by atoms with Gasteiger partial charge in [-0.3, -0.25) is 0 Å². The van der Waals surface area contributed by atoms with Crippen molar-refractivity contribution in [2.45, 2.75) is 26.3 Å². The Morgan fingerprint density at radius 3 is 2.75 bits per heavy atom. The van der Waals surface area contributed by atoms with Crippen molar-refractivity contribution in [3.8, 4) is 0 Å². The van der Waals surface area contributed by atoms with Crippen molar-refractivity contribution in [3.63, 3.8) is 0 Å². The summed E-state index contributed by atoms with van der Waals surface area (Å²) in [5.74, 6) is 0. The van der Waals surface area contributed by atoms with Crippen LogP contribution in [0.5, 0.6) is 0 Å². The molecule has 12 heavy (non-hydrogen) atoms. The average molecular weight is 162 g/mol. The number of hydrogen-bond donors (Lipinski definition) is 1. The summed E-state index contributed by atoms with van der Waals surface area (Å²) in [5.41, 5.74) is 9.37. The van der Waals surface area contributed by atoms with Gasteiger partial charge in [0.15, 0.2) is 0 Å². The predicted molar refractivity (Wildman–Crippen MR) is 49.4 cm³/mol. The molecule has 0 spiro atoms. The van der Waals surface area contributed by atoms with Crippen molar-refractivity contribution < 1.29 is 0 Å². The quantitative estimate of drug-likeness (QED) is 0.660. The predicted octanol–water partition coefficient (Wildman–Crippen LogP) is 3.48. The number of hydrogen-bond acceptors (Lipinski definition) is 2. The molecule has 0 heterocycles. The maximum Gasteiger partial charge on any atom is 0.0952 e. The summed E-state index contributed by atoms with van der Waals surface area (Å²) in [4.78, 5) is 0. The van der Waals surface area contributed by atoms with Crippen LogP contribution in [-0.4, -0.2) is 0 Å². The second-order valence-corrected chi connectivity index (χ2v) is 2.97. The summed E-state index contributed by atoms with van der Waals surface area (Å²) in [5, 5.41) is 3.57. The molecular weight excluding hydrogens is 148 g/mol. The van der Waals surface area contributed by atoms with Gasteiger partial charge < -0.3 is 0 Å². The van der Waals surface area contributed by atoms with Crippen LogP contribution in [0.4, 0.5) is 0 Å². The van der Waals surface area contributed by atoms with Crippen LogP contribution in [-0.2, 0) is 0 Å². The Morgan fingerprint density at radius 1 is 1.50 bits per heavy atom. The number of aryl methyl sites for hydroxylation is 1. The molecule has 0 fully saturated rings. The van der Waals surface area contributed by atoms with Crippen LogP contribution in [0.15, 0.2) is 29.4 Å². The molecule has 1 aromatic rings. The van der Waals surface area contributed by atoms with Gasteiger partial charge in [0.05, 0.1) is 6.04 Å². The highest BCUT2D eigenvalue weighted by molar-refractivity contribution is 5.24. The fourth-order valence-electron chi connectivity index (χ4n) is 1.28. The normalized spacial score (nSPS) is 12.5. The summed E-state index contributed by atoms with van der Waals surface area (Å²) in [6.45, 7) is 4.10. The van der Waals surface area contributed by atoms with Crippen molar-refractivity contribution in [2.75, 3.05) is 0 Å². The molecule has 0 radical (unpaired) electrons. The van der Waals surface area contributed by atoms with E-state index in [4.69, 9.17) is 5.53 Å². The summed E-state index contributed by atoms with van der Waals surface area (Å²) < 4.78 is 0. The summed E-state index contributed by atoms with van der Waals surface area (Å²) in [7, 11) is 0. The summed E-state index contributed by atoms with van der Waals surface area (Å²) >= 11 is 0. The molecule has 0 saturated carbocycles. The van der Waals surface area contributed by atoms with E-state index < -0.39 is 0 Å². The van der Waals surface area contributed by atoms with E-state index in [2.05, 4.69) is 24.2 Å². The summed E-state index contributed by atoms with van der Waals surface area (Å²) in [6.07, 6.45) is 0.896. The number of nitrogens with zero attached hydrogens (tertiary/aromatic N) is 1. The Labute approximate surface area is 73.1 Å². The summed E-state index contributed by atoms with van der Waals surface area (Å²) in [6, 6.07) is 8.23. The van der Waals surface area contributed by atoms with Crippen LogP contribution in [0.2, 0.25) is 0 Å². The van der Waals surface area contributed by atoms with Crippen molar-refractivity contribution in [1.82, 2.24) is 0 Å². The molecule has 1 unspecified atom stereocenters. The minimum Gasteiger partial charge on any atom is -0.209 e. The highest BCUT2D eigenvalue weighted by atomic mass is 15.0. The lowest BCUT2D eigenvalue weighted by atomic mass is 10.0. The van der Waals surface area contributed by atoms with E-state index in [0.29, 0.717) is 0 Å². The van der Waals surface area contributed by atoms with E-state index in [1.165, 1.54) is 5.56 Å². The van der Waals surface area contributed by atoms with Crippen LogP contribution in [0.3, 0.4) is 0 Å². The van der Waals surface area contributed by atoms with Crippen LogP contribution in [0, 0.1) is 12.5 Å². The van der Waals surface area contributed by atoms with Gasteiger partial charge in [0, 0.05) is 0 Å². The van der Waals surface area contributed by atoms with Gasteiger partial charge in [-0.05, 0) is 18.9 Å². The number of rotatable bonds is 3. The van der Waals surface area contributed by atoms with Crippen LogP contribution in [0.25, 0.3) is 0 Å². The van der Waals surface area contributed by atoms with Gasteiger partial charge >= 0.3 is 0 Å². The van der Waals surface area contributed by atoms with Gasteiger partial charge in [-0.1, -0.05) is 36.8 Å². The zero-order valence-electron chi connectivity index (χ0n) is 7.54. The van der Waals surface area contributed by atoms with Gasteiger partial charge in [-0.15, -0.1) is 0 Å². The average Bonchev–Trinajstić information content (AvgIpc) is 2.07. The molecule has 1 rings (SSSR count). The number of benzene rings is 1. The van der Waals surface area contributed by atoms with E-state index in [1.54, 1.807) is 0 Å². The van der Waals surface area contributed by atoms with Crippen molar-refractivity contribution in [1.29, 1.82) is 5.53 Å². The van der Waals surface area contributed by atoms with Gasteiger partial charge in [0.2, 0.25) is 0 Å². The molecule has 64 valence electrons. The minimum absolute atomic E-state index is 0.0462. The second-order valence-electron chi connectivity index (χ2n) is 2.97. The fraction of sp³-hybridized carbons (Fsp3) is 0.400. The molecule has 0 bridgehead atoms. The molecule has 0 aromatic heterocycles. The Hall–Kier alpha value is -1.18. The van der Waals surface area contributed by atoms with Gasteiger partial charge in [0.1, 0.15) is 0 Å². The van der Waals surface area contributed by atoms with Crippen molar-refractivity contribution in [3.05, 3.63) is 35.4 Å². The Morgan fingerprint density at radius 2 is 2.25 bits per heavy atom. The smallest absolute Gasteiger partial charge is 0.0952 e. The molecule has 0 aliphatic carbocycles. The van der Waals surface area contributed by atoms with Crippen LogP contribution < -0.4 is 0 Å². The molecule has 2 nitrogen and oxygen atoms in total. The fourth-order valence-corrected chi connectivity index (χ4v) is 1.28. The molecule has 2 heteroatoms. The molecule has 1 N–H and O–H groups in total. The largest absolute Gasteiger partial charge is 0.209 e. The molecular formula is C10H14N2. The highest BCUT2D eigenvalue weighted by Gasteiger charge is 2.05. The first-order valence-corrected chi connectivity index (χ1v) is 4.21. The molecule has 1 aromatic carbocycles. The Balaban J connectivity index is 2.93. The lowest BCUT2D eigenvalue weighted by Crippen LogP contribution is -1.92. The van der Waals surface area contributed by atoms with Crippen molar-refractivity contribution in [2.24, 2.45) is 5.11 Å². The van der Waals surface area contributed by atoms with Crippen LogP contribution in [0.1, 0.15) is 30.5 Å². The van der Waals surface area contributed by atoms with E-state index >= 15 is 0 Å². The monoisotopic (exact) mass is 162 g/mol. The van der Waals surface area contributed by atoms with Gasteiger partial charge in [0.25, 0.3) is 0 Å². The second kappa shape index (κ2) is 4.00. The standard InChI is InChI=1S/C10H14N2/c1-3-10(12-11)9-6-4-5-8(2)7-9/h4-7,10-11H,3H2,1-2H3.